The number of carboxylic acid groups (broad SMARTS) is 2. The molecular formula is C10H16O6. The zero-order valence-corrected chi connectivity index (χ0v) is 9.36. The van der Waals surface area contributed by atoms with Gasteiger partial charge < -0.3 is 15.0 Å². The SMILES string of the molecule is CC(=O)CCC(=O)O.CCC(=O)CC(=O)O. The van der Waals surface area contributed by atoms with Gasteiger partial charge in [0.2, 0.25) is 0 Å². The van der Waals surface area contributed by atoms with Gasteiger partial charge in [0.25, 0.3) is 0 Å². The summed E-state index contributed by atoms with van der Waals surface area (Å²) < 4.78 is 0. The van der Waals surface area contributed by atoms with Gasteiger partial charge in [-0.1, -0.05) is 6.92 Å². The normalized spacial score (nSPS) is 8.62. The molecule has 0 rings (SSSR count). The fourth-order valence-electron chi connectivity index (χ4n) is 0.577. The Morgan fingerprint density at radius 1 is 0.938 bits per heavy atom. The number of Topliss-reactive ketones (excluding diaryl/α,β-unsaturated/α-hetero) is 2. The number of carbonyl (C=O) groups excluding carboxylic acids is 2. The lowest BCUT2D eigenvalue weighted by molar-refractivity contribution is -0.140. The van der Waals surface area contributed by atoms with Crippen LogP contribution in [0, 0.1) is 0 Å². The van der Waals surface area contributed by atoms with E-state index < -0.39 is 11.9 Å². The zero-order valence-electron chi connectivity index (χ0n) is 9.36. The molecule has 0 saturated heterocycles. The van der Waals surface area contributed by atoms with Crippen LogP contribution in [-0.4, -0.2) is 33.7 Å². The average molecular weight is 232 g/mol. The number of rotatable bonds is 6. The van der Waals surface area contributed by atoms with Crippen LogP contribution < -0.4 is 0 Å². The highest BCUT2D eigenvalue weighted by Gasteiger charge is 2.02. The molecule has 0 spiro atoms. The highest BCUT2D eigenvalue weighted by atomic mass is 16.4. The summed E-state index contributed by atoms with van der Waals surface area (Å²) in [6.07, 6.45) is 0.0769. The molecule has 0 aliphatic heterocycles. The Hall–Kier alpha value is -1.72. The minimum Gasteiger partial charge on any atom is -0.481 e. The Balaban J connectivity index is 0. The number of hydrogen-bond donors (Lipinski definition) is 2. The van der Waals surface area contributed by atoms with Crippen molar-refractivity contribution in [2.24, 2.45) is 0 Å². The van der Waals surface area contributed by atoms with E-state index in [-0.39, 0.29) is 30.8 Å². The maximum atomic E-state index is 10.2. The molecule has 0 fully saturated rings. The minimum atomic E-state index is -1.04. The largest absolute Gasteiger partial charge is 0.481 e. The molecule has 0 bridgehead atoms. The Bertz CT molecular complexity index is 254. The molecule has 16 heavy (non-hydrogen) atoms. The van der Waals surface area contributed by atoms with E-state index in [2.05, 4.69) is 0 Å². The zero-order chi connectivity index (χ0) is 13.1. The van der Waals surface area contributed by atoms with Crippen LogP contribution in [-0.2, 0) is 19.2 Å². The van der Waals surface area contributed by atoms with Crippen molar-refractivity contribution in [1.82, 2.24) is 0 Å². The Labute approximate surface area is 93.3 Å². The van der Waals surface area contributed by atoms with Crippen molar-refractivity contribution in [2.45, 2.75) is 39.5 Å². The van der Waals surface area contributed by atoms with Crippen molar-refractivity contribution in [3.8, 4) is 0 Å². The lowest BCUT2D eigenvalue weighted by Crippen LogP contribution is -2.04. The second kappa shape index (κ2) is 9.82. The van der Waals surface area contributed by atoms with Gasteiger partial charge in [0.05, 0.1) is 6.42 Å². The van der Waals surface area contributed by atoms with Crippen molar-refractivity contribution < 1.29 is 29.4 Å². The molecule has 6 nitrogen and oxygen atoms in total. The van der Waals surface area contributed by atoms with E-state index in [4.69, 9.17) is 10.2 Å². The van der Waals surface area contributed by atoms with E-state index in [9.17, 15) is 19.2 Å². The van der Waals surface area contributed by atoms with Crippen molar-refractivity contribution in [2.75, 3.05) is 0 Å². The highest BCUT2D eigenvalue weighted by Crippen LogP contribution is 1.88. The summed E-state index contributed by atoms with van der Waals surface area (Å²) in [7, 11) is 0. The quantitative estimate of drug-likeness (QED) is 0.658. The van der Waals surface area contributed by atoms with Crippen LogP contribution in [0.4, 0.5) is 0 Å². The van der Waals surface area contributed by atoms with Crippen LogP contribution in [0.2, 0.25) is 0 Å². The van der Waals surface area contributed by atoms with Crippen LogP contribution in [0.3, 0.4) is 0 Å². The third kappa shape index (κ3) is 18.1. The molecule has 0 radical (unpaired) electrons. The Morgan fingerprint density at radius 2 is 1.44 bits per heavy atom. The monoisotopic (exact) mass is 232 g/mol. The van der Waals surface area contributed by atoms with E-state index >= 15 is 0 Å². The van der Waals surface area contributed by atoms with Gasteiger partial charge in [-0.05, 0) is 6.92 Å². The van der Waals surface area contributed by atoms with Crippen molar-refractivity contribution in [3.63, 3.8) is 0 Å². The van der Waals surface area contributed by atoms with Gasteiger partial charge >= 0.3 is 11.9 Å². The van der Waals surface area contributed by atoms with Crippen molar-refractivity contribution in [3.05, 3.63) is 0 Å². The summed E-state index contributed by atoms with van der Waals surface area (Å²) in [6.45, 7) is 3.02. The minimum absolute atomic E-state index is 0.0463. The smallest absolute Gasteiger partial charge is 0.310 e. The van der Waals surface area contributed by atoms with Crippen LogP contribution in [0.25, 0.3) is 0 Å². The standard InChI is InChI=1S/2C5H8O3/c1-4(6)2-3-5(7)8;1-2-4(6)3-5(7)8/h2*2-3H2,1H3,(H,7,8). The first-order chi connectivity index (χ1) is 7.29. The van der Waals surface area contributed by atoms with Gasteiger partial charge in [0, 0.05) is 12.8 Å². The Kier molecular flexibility index (Phi) is 10.3. The molecule has 0 aromatic heterocycles. The predicted octanol–water partition coefficient (Wildman–Crippen LogP) is 0.880. The van der Waals surface area contributed by atoms with Gasteiger partial charge in [0.1, 0.15) is 18.0 Å². The first kappa shape index (κ1) is 16.7. The van der Waals surface area contributed by atoms with Gasteiger partial charge in [-0.2, -0.15) is 0 Å². The molecule has 0 atom stereocenters. The molecule has 0 aliphatic carbocycles. The summed E-state index contributed by atoms with van der Waals surface area (Å²) in [5, 5.41) is 16.0. The van der Waals surface area contributed by atoms with E-state index in [0.717, 1.165) is 0 Å². The van der Waals surface area contributed by atoms with Gasteiger partial charge in [0.15, 0.2) is 0 Å². The average Bonchev–Trinajstić information content (AvgIpc) is 2.14. The highest BCUT2D eigenvalue weighted by molar-refractivity contribution is 5.94. The second-order valence-corrected chi connectivity index (χ2v) is 3.06. The maximum absolute atomic E-state index is 10.2. The molecule has 6 heteroatoms. The molecule has 0 unspecified atom stereocenters. The van der Waals surface area contributed by atoms with Gasteiger partial charge in [-0.15, -0.1) is 0 Å². The molecular weight excluding hydrogens is 216 g/mol. The summed E-state index contributed by atoms with van der Waals surface area (Å²) in [6, 6.07) is 0. The van der Waals surface area contributed by atoms with E-state index in [1.54, 1.807) is 6.92 Å². The fraction of sp³-hybridized carbons (Fsp3) is 0.600. The van der Waals surface area contributed by atoms with E-state index in [0.29, 0.717) is 6.42 Å². The van der Waals surface area contributed by atoms with Crippen LogP contribution in [0.5, 0.6) is 0 Å². The third-order valence-corrected chi connectivity index (χ3v) is 1.43. The summed E-state index contributed by atoms with van der Waals surface area (Å²) in [4.78, 5) is 39.8. The second-order valence-electron chi connectivity index (χ2n) is 3.06. The molecule has 0 aromatic rings. The van der Waals surface area contributed by atoms with Gasteiger partial charge in [-0.25, -0.2) is 0 Å². The molecule has 0 saturated carbocycles. The number of carbonyl (C=O) groups is 4. The van der Waals surface area contributed by atoms with E-state index in [1.807, 2.05) is 0 Å². The first-order valence-corrected chi connectivity index (χ1v) is 4.74. The maximum Gasteiger partial charge on any atom is 0.310 e. The summed E-state index contributed by atoms with van der Waals surface area (Å²) in [5.74, 6) is -2.26. The predicted molar refractivity (Wildman–Crippen MR) is 55.1 cm³/mol. The number of aliphatic carboxylic acids is 2. The number of hydrogen-bond acceptors (Lipinski definition) is 4. The fourth-order valence-corrected chi connectivity index (χ4v) is 0.577. The van der Waals surface area contributed by atoms with Crippen LogP contribution >= 0.6 is 0 Å². The molecule has 0 aromatic carbocycles. The lowest BCUT2D eigenvalue weighted by atomic mass is 10.2. The first-order valence-electron chi connectivity index (χ1n) is 4.74. The Morgan fingerprint density at radius 3 is 1.56 bits per heavy atom. The third-order valence-electron chi connectivity index (χ3n) is 1.43. The van der Waals surface area contributed by atoms with Crippen molar-refractivity contribution >= 4 is 23.5 Å². The van der Waals surface area contributed by atoms with E-state index in [1.165, 1.54) is 6.92 Å². The number of ketones is 2. The van der Waals surface area contributed by atoms with Gasteiger partial charge in [-0.3, -0.25) is 14.4 Å². The summed E-state index contributed by atoms with van der Waals surface area (Å²) in [5.41, 5.74) is 0. The molecule has 2 N–H and O–H groups in total. The van der Waals surface area contributed by atoms with Crippen LogP contribution in [0.15, 0.2) is 0 Å². The van der Waals surface area contributed by atoms with Crippen LogP contribution in [0.1, 0.15) is 39.5 Å². The molecule has 0 aliphatic rings. The summed E-state index contributed by atoms with van der Waals surface area (Å²) >= 11 is 0. The topological polar surface area (TPSA) is 109 Å². The lowest BCUT2D eigenvalue weighted by Gasteiger charge is -1.86. The molecule has 92 valence electrons. The van der Waals surface area contributed by atoms with Crippen molar-refractivity contribution in [1.29, 1.82) is 0 Å². The molecule has 0 amide bonds. The molecule has 0 heterocycles. The number of carboxylic acids is 2.